The van der Waals surface area contributed by atoms with Gasteiger partial charge in [-0.3, -0.25) is 9.69 Å². The van der Waals surface area contributed by atoms with Crippen LogP contribution in [0.1, 0.15) is 18.5 Å². The maximum absolute atomic E-state index is 12.7. The summed E-state index contributed by atoms with van der Waals surface area (Å²) in [5.41, 5.74) is 1.33. The Hall–Kier alpha value is -1.96. The number of para-hydroxylation sites is 1. The van der Waals surface area contributed by atoms with Crippen molar-refractivity contribution in [1.82, 2.24) is 15.0 Å². The van der Waals surface area contributed by atoms with Gasteiger partial charge in [0.2, 0.25) is 5.91 Å². The second-order valence-electron chi connectivity index (χ2n) is 7.40. The average molecular weight is 359 g/mol. The second kappa shape index (κ2) is 7.34. The molecule has 1 aromatic heterocycles. The molecule has 7 nitrogen and oxygen atoms in total. The zero-order chi connectivity index (χ0) is 18.1. The van der Waals surface area contributed by atoms with Crippen LogP contribution in [0.2, 0.25) is 0 Å². The number of amides is 1. The van der Waals surface area contributed by atoms with Crippen molar-refractivity contribution in [3.8, 4) is 0 Å². The van der Waals surface area contributed by atoms with Crippen molar-refractivity contribution in [2.45, 2.75) is 31.4 Å². The van der Waals surface area contributed by atoms with E-state index in [-0.39, 0.29) is 25.0 Å². The molecule has 2 fully saturated rings. The zero-order valence-electron chi connectivity index (χ0n) is 14.8. The Kier molecular flexibility index (Phi) is 4.93. The quantitative estimate of drug-likeness (QED) is 0.833. The van der Waals surface area contributed by atoms with Crippen LogP contribution in [0.15, 0.2) is 28.8 Å². The minimum Gasteiger partial charge on any atom is -0.396 e. The van der Waals surface area contributed by atoms with Crippen LogP contribution < -0.4 is 0 Å². The van der Waals surface area contributed by atoms with E-state index in [2.05, 4.69) is 10.1 Å². The number of likely N-dealkylation sites (tertiary alicyclic amines) is 2. The molecule has 140 valence electrons. The molecular weight excluding hydrogens is 334 g/mol. The Morgan fingerprint density at radius 1 is 1.23 bits per heavy atom. The van der Waals surface area contributed by atoms with Gasteiger partial charge >= 0.3 is 0 Å². The second-order valence-corrected chi connectivity index (χ2v) is 7.40. The standard InChI is InChI=1S/C19H25N3O4/c23-12-13-5-7-21(8-6-13)16-10-22(11-17(16)24)19(25)9-15-14-3-1-2-4-18(14)26-20-15/h1-4,13,16-17,23-24H,5-12H2/t16-,17-/m0/s1. The molecule has 0 saturated carbocycles. The van der Waals surface area contributed by atoms with Crippen LogP contribution in [0, 0.1) is 5.92 Å². The third kappa shape index (κ3) is 3.34. The summed E-state index contributed by atoms with van der Waals surface area (Å²) in [7, 11) is 0. The highest BCUT2D eigenvalue weighted by Gasteiger charge is 2.38. The Balaban J connectivity index is 1.39. The van der Waals surface area contributed by atoms with Crippen molar-refractivity contribution < 1.29 is 19.5 Å². The number of aromatic nitrogens is 1. The fourth-order valence-electron chi connectivity index (χ4n) is 4.12. The smallest absolute Gasteiger partial charge is 0.228 e. The summed E-state index contributed by atoms with van der Waals surface area (Å²) in [6, 6.07) is 7.50. The molecule has 2 atom stereocenters. The predicted octanol–water partition coefficient (Wildman–Crippen LogP) is 0.646. The number of aliphatic hydroxyl groups is 2. The number of hydrogen-bond donors (Lipinski definition) is 2. The van der Waals surface area contributed by atoms with Gasteiger partial charge in [0, 0.05) is 25.1 Å². The van der Waals surface area contributed by atoms with E-state index in [0.29, 0.717) is 30.3 Å². The third-order valence-electron chi connectivity index (χ3n) is 5.76. The first-order valence-electron chi connectivity index (χ1n) is 9.29. The number of carbonyl (C=O) groups excluding carboxylic acids is 1. The van der Waals surface area contributed by atoms with Gasteiger partial charge in [0.05, 0.1) is 18.6 Å². The summed E-state index contributed by atoms with van der Waals surface area (Å²) in [4.78, 5) is 16.7. The number of fused-ring (bicyclic) bond motifs is 1. The number of β-amino-alcohol motifs (C(OH)–C–C–N with tert-alkyl or cyclic N) is 1. The Labute approximate surface area is 152 Å². The fourth-order valence-corrected chi connectivity index (χ4v) is 4.12. The first-order valence-corrected chi connectivity index (χ1v) is 9.29. The molecule has 2 aromatic rings. The molecule has 0 spiro atoms. The first-order chi connectivity index (χ1) is 12.7. The molecule has 26 heavy (non-hydrogen) atoms. The minimum absolute atomic E-state index is 0.0207. The predicted molar refractivity (Wildman–Crippen MR) is 95.5 cm³/mol. The average Bonchev–Trinajstić information content (AvgIpc) is 3.26. The molecule has 2 saturated heterocycles. The lowest BCUT2D eigenvalue weighted by molar-refractivity contribution is -0.130. The van der Waals surface area contributed by atoms with Gasteiger partial charge in [-0.2, -0.15) is 0 Å². The van der Waals surface area contributed by atoms with Crippen LogP contribution >= 0.6 is 0 Å². The van der Waals surface area contributed by atoms with Gasteiger partial charge in [0.15, 0.2) is 5.58 Å². The highest BCUT2D eigenvalue weighted by molar-refractivity contribution is 5.86. The van der Waals surface area contributed by atoms with E-state index in [1.807, 2.05) is 24.3 Å². The zero-order valence-corrected chi connectivity index (χ0v) is 14.8. The maximum atomic E-state index is 12.7. The van der Waals surface area contributed by atoms with Gasteiger partial charge in [-0.05, 0) is 44.0 Å². The van der Waals surface area contributed by atoms with Gasteiger partial charge in [-0.15, -0.1) is 0 Å². The van der Waals surface area contributed by atoms with Crippen LogP contribution in [0.25, 0.3) is 11.0 Å². The molecule has 2 aliphatic heterocycles. The van der Waals surface area contributed by atoms with Crippen LogP contribution in [-0.4, -0.2) is 76.0 Å². The minimum atomic E-state index is -0.529. The van der Waals surface area contributed by atoms with E-state index in [1.54, 1.807) is 4.90 Å². The van der Waals surface area contributed by atoms with Crippen LogP contribution in [0.3, 0.4) is 0 Å². The van der Waals surface area contributed by atoms with Gasteiger partial charge in [0.25, 0.3) is 0 Å². The largest absolute Gasteiger partial charge is 0.396 e. The number of carbonyl (C=O) groups is 1. The lowest BCUT2D eigenvalue weighted by atomic mass is 9.96. The summed E-state index contributed by atoms with van der Waals surface area (Å²) in [6.07, 6.45) is 1.54. The molecule has 0 unspecified atom stereocenters. The summed E-state index contributed by atoms with van der Waals surface area (Å²) in [6.45, 7) is 2.86. The third-order valence-corrected chi connectivity index (χ3v) is 5.76. The van der Waals surface area contributed by atoms with Crippen molar-refractivity contribution >= 4 is 16.9 Å². The summed E-state index contributed by atoms with van der Waals surface area (Å²) in [5, 5.41) is 24.6. The number of nitrogens with zero attached hydrogens (tertiary/aromatic N) is 3. The van der Waals surface area contributed by atoms with Crippen LogP contribution in [0.5, 0.6) is 0 Å². The van der Waals surface area contributed by atoms with Crippen molar-refractivity contribution in [3.05, 3.63) is 30.0 Å². The highest BCUT2D eigenvalue weighted by Crippen LogP contribution is 2.25. The normalized spacial score (nSPS) is 25.2. The van der Waals surface area contributed by atoms with E-state index in [9.17, 15) is 15.0 Å². The molecule has 0 aliphatic carbocycles. The molecule has 1 amide bonds. The lowest BCUT2D eigenvalue weighted by Crippen LogP contribution is -2.47. The van der Waals surface area contributed by atoms with E-state index >= 15 is 0 Å². The summed E-state index contributed by atoms with van der Waals surface area (Å²) in [5.74, 6) is 0.332. The summed E-state index contributed by atoms with van der Waals surface area (Å²) >= 11 is 0. The van der Waals surface area contributed by atoms with Crippen LogP contribution in [-0.2, 0) is 11.2 Å². The van der Waals surface area contributed by atoms with E-state index in [1.165, 1.54) is 0 Å². The SMILES string of the molecule is O=C(Cc1noc2ccccc12)N1C[C@H](O)[C@@H](N2CCC(CO)CC2)C1. The molecule has 0 radical (unpaired) electrons. The first kappa shape index (κ1) is 17.5. The molecule has 2 aliphatic rings. The topological polar surface area (TPSA) is 90.0 Å². The molecule has 1 aromatic carbocycles. The van der Waals surface area contributed by atoms with Gasteiger partial charge in [-0.25, -0.2) is 0 Å². The molecule has 2 N–H and O–H groups in total. The Bertz CT molecular complexity index is 769. The number of aliphatic hydroxyl groups excluding tert-OH is 2. The van der Waals surface area contributed by atoms with E-state index < -0.39 is 6.10 Å². The van der Waals surface area contributed by atoms with Crippen molar-refractivity contribution in [2.24, 2.45) is 5.92 Å². The van der Waals surface area contributed by atoms with Crippen molar-refractivity contribution in [1.29, 1.82) is 0 Å². The van der Waals surface area contributed by atoms with Gasteiger partial charge in [0.1, 0.15) is 5.69 Å². The molecular formula is C19H25N3O4. The number of hydrogen-bond acceptors (Lipinski definition) is 6. The Morgan fingerprint density at radius 3 is 2.77 bits per heavy atom. The maximum Gasteiger partial charge on any atom is 0.228 e. The summed E-state index contributed by atoms with van der Waals surface area (Å²) < 4.78 is 5.27. The molecule has 0 bridgehead atoms. The van der Waals surface area contributed by atoms with E-state index in [0.717, 1.165) is 31.3 Å². The van der Waals surface area contributed by atoms with Gasteiger partial charge in [-0.1, -0.05) is 17.3 Å². The lowest BCUT2D eigenvalue weighted by Gasteiger charge is -2.36. The fraction of sp³-hybridized carbons (Fsp3) is 0.579. The van der Waals surface area contributed by atoms with Crippen molar-refractivity contribution in [3.63, 3.8) is 0 Å². The number of rotatable bonds is 4. The highest BCUT2D eigenvalue weighted by atomic mass is 16.5. The number of benzene rings is 1. The van der Waals surface area contributed by atoms with Crippen LogP contribution in [0.4, 0.5) is 0 Å². The number of piperidine rings is 1. The molecule has 3 heterocycles. The van der Waals surface area contributed by atoms with E-state index in [4.69, 9.17) is 4.52 Å². The monoisotopic (exact) mass is 359 g/mol. The Morgan fingerprint density at radius 2 is 2.00 bits per heavy atom. The molecule has 7 heteroatoms. The van der Waals surface area contributed by atoms with Gasteiger partial charge < -0.3 is 19.6 Å². The van der Waals surface area contributed by atoms with Crippen molar-refractivity contribution in [2.75, 3.05) is 32.8 Å². The molecule has 4 rings (SSSR count).